The van der Waals surface area contributed by atoms with E-state index in [0.29, 0.717) is 38.5 Å². The molecule has 2 heterocycles. The number of likely N-dealkylation sites (tertiary alicyclic amines) is 1. The number of methoxy groups -OCH3 is 1. The zero-order valence-electron chi connectivity index (χ0n) is 17.8. The van der Waals surface area contributed by atoms with Gasteiger partial charge in [-0.1, -0.05) is 20.8 Å². The van der Waals surface area contributed by atoms with Gasteiger partial charge < -0.3 is 14.5 Å². The molecule has 0 N–H and O–H groups in total. The summed E-state index contributed by atoms with van der Waals surface area (Å²) in [5, 5.41) is 9.05. The number of alkyl halides is 3. The van der Waals surface area contributed by atoms with Crippen molar-refractivity contribution in [3.63, 3.8) is 0 Å². The zero-order chi connectivity index (χ0) is 22.3. The van der Waals surface area contributed by atoms with Crippen molar-refractivity contribution in [1.29, 1.82) is 5.26 Å². The van der Waals surface area contributed by atoms with Crippen LogP contribution in [0.25, 0.3) is 0 Å². The van der Waals surface area contributed by atoms with E-state index in [-0.39, 0.29) is 22.8 Å². The average molecular weight is 423 g/mol. The number of carbonyl (C=O) groups is 1. The fraction of sp³-hybridized carbons (Fsp3) is 0.636. The molecular weight excluding hydrogens is 395 g/mol. The van der Waals surface area contributed by atoms with Gasteiger partial charge in [-0.3, -0.25) is 4.79 Å². The molecule has 1 aromatic rings. The summed E-state index contributed by atoms with van der Waals surface area (Å²) < 4.78 is 45.7. The van der Waals surface area contributed by atoms with Crippen molar-refractivity contribution in [3.8, 4) is 6.07 Å². The number of ether oxygens (including phenoxy) is 1. The number of amides is 1. The minimum Gasteiger partial charge on any atom is -0.384 e. The SMILES string of the molecule is COC[C@@]12CN(C(=O)C(C)(C)C)CC[C@@H]1CN(c1ccc(C#N)c(C(F)(F)F)c1)C2. The second kappa shape index (κ2) is 7.77. The third kappa shape index (κ3) is 4.13. The third-order valence-electron chi connectivity index (χ3n) is 6.22. The first kappa shape index (κ1) is 22.4. The van der Waals surface area contributed by atoms with Crippen LogP contribution in [0.3, 0.4) is 0 Å². The largest absolute Gasteiger partial charge is 0.417 e. The number of rotatable bonds is 3. The van der Waals surface area contributed by atoms with Crippen molar-refractivity contribution in [2.24, 2.45) is 16.7 Å². The number of nitriles is 1. The van der Waals surface area contributed by atoms with Gasteiger partial charge in [-0.25, -0.2) is 0 Å². The highest BCUT2D eigenvalue weighted by Crippen LogP contribution is 2.45. The van der Waals surface area contributed by atoms with Crippen LogP contribution < -0.4 is 4.90 Å². The molecule has 0 radical (unpaired) electrons. The summed E-state index contributed by atoms with van der Waals surface area (Å²) in [6.45, 7) is 8.38. The minimum absolute atomic E-state index is 0.0765. The molecule has 2 aliphatic heterocycles. The van der Waals surface area contributed by atoms with Gasteiger partial charge in [0.05, 0.1) is 23.8 Å². The quantitative estimate of drug-likeness (QED) is 0.739. The molecule has 164 valence electrons. The highest BCUT2D eigenvalue weighted by molar-refractivity contribution is 5.81. The van der Waals surface area contributed by atoms with Gasteiger partial charge in [0.25, 0.3) is 0 Å². The number of benzene rings is 1. The summed E-state index contributed by atoms with van der Waals surface area (Å²) in [5.74, 6) is 0.291. The smallest absolute Gasteiger partial charge is 0.384 e. The number of carbonyl (C=O) groups excluding carboxylic acids is 1. The fourth-order valence-electron chi connectivity index (χ4n) is 4.78. The molecule has 0 saturated carbocycles. The minimum atomic E-state index is -4.59. The second-order valence-electron chi connectivity index (χ2n) is 9.48. The molecule has 0 bridgehead atoms. The van der Waals surface area contributed by atoms with E-state index in [1.807, 2.05) is 30.6 Å². The van der Waals surface area contributed by atoms with E-state index in [9.17, 15) is 18.0 Å². The van der Waals surface area contributed by atoms with Crippen LogP contribution in [-0.2, 0) is 15.7 Å². The Morgan fingerprint density at radius 1 is 1.30 bits per heavy atom. The first-order chi connectivity index (χ1) is 13.9. The van der Waals surface area contributed by atoms with Gasteiger partial charge in [-0.2, -0.15) is 18.4 Å². The summed E-state index contributed by atoms with van der Waals surface area (Å²) in [4.78, 5) is 16.7. The Hall–Kier alpha value is -2.27. The molecule has 30 heavy (non-hydrogen) atoms. The highest BCUT2D eigenvalue weighted by Gasteiger charge is 2.51. The lowest BCUT2D eigenvalue weighted by Crippen LogP contribution is -2.55. The summed E-state index contributed by atoms with van der Waals surface area (Å²) >= 11 is 0. The highest BCUT2D eigenvalue weighted by atomic mass is 19.4. The third-order valence-corrected chi connectivity index (χ3v) is 6.22. The molecule has 3 rings (SSSR count). The number of fused-ring (bicyclic) bond motifs is 1. The number of hydrogen-bond donors (Lipinski definition) is 0. The van der Waals surface area contributed by atoms with E-state index in [0.717, 1.165) is 12.5 Å². The van der Waals surface area contributed by atoms with E-state index in [1.165, 1.54) is 6.07 Å². The van der Waals surface area contributed by atoms with E-state index in [4.69, 9.17) is 10.00 Å². The Bertz CT molecular complexity index is 857. The predicted molar refractivity (Wildman–Crippen MR) is 107 cm³/mol. The normalized spacial score (nSPS) is 24.5. The van der Waals surface area contributed by atoms with Gasteiger partial charge in [-0.15, -0.1) is 0 Å². The standard InChI is InChI=1S/C22H28F3N3O2/c1-20(2,3)19(29)27-8-7-16-11-28(13-21(16,12-27)14-30-4)17-6-5-15(10-26)18(9-17)22(23,24)25/h5-6,9,16H,7-8,11-14H2,1-4H3/t16-,21+/m1/s1. The van der Waals surface area contributed by atoms with E-state index < -0.39 is 17.2 Å². The first-order valence-electron chi connectivity index (χ1n) is 10.1. The van der Waals surface area contributed by atoms with Crippen LogP contribution >= 0.6 is 0 Å². The fourth-order valence-corrected chi connectivity index (χ4v) is 4.78. The lowest BCUT2D eigenvalue weighted by Gasteiger charge is -2.45. The molecule has 2 fully saturated rings. The lowest BCUT2D eigenvalue weighted by atomic mass is 9.73. The Morgan fingerprint density at radius 3 is 2.57 bits per heavy atom. The first-order valence-corrected chi connectivity index (χ1v) is 10.1. The topological polar surface area (TPSA) is 56.6 Å². The molecule has 0 spiro atoms. The van der Waals surface area contributed by atoms with Crippen molar-refractivity contribution >= 4 is 11.6 Å². The molecule has 1 aromatic carbocycles. The van der Waals surface area contributed by atoms with Crippen molar-refractivity contribution in [3.05, 3.63) is 29.3 Å². The molecule has 0 aromatic heterocycles. The van der Waals surface area contributed by atoms with Crippen LogP contribution in [0, 0.1) is 28.1 Å². The second-order valence-corrected chi connectivity index (χ2v) is 9.48. The van der Waals surface area contributed by atoms with Crippen LogP contribution in [0.5, 0.6) is 0 Å². The maximum Gasteiger partial charge on any atom is 0.417 e. The number of anilines is 1. The summed E-state index contributed by atoms with van der Waals surface area (Å²) in [7, 11) is 1.61. The van der Waals surface area contributed by atoms with Crippen LogP contribution in [0.1, 0.15) is 38.3 Å². The maximum absolute atomic E-state index is 13.4. The Labute approximate surface area is 175 Å². The van der Waals surface area contributed by atoms with Gasteiger partial charge in [0.15, 0.2) is 0 Å². The molecule has 0 aliphatic carbocycles. The van der Waals surface area contributed by atoms with Gasteiger partial charge >= 0.3 is 6.18 Å². The summed E-state index contributed by atoms with van der Waals surface area (Å²) in [6, 6.07) is 5.50. The molecular formula is C22H28F3N3O2. The van der Waals surface area contributed by atoms with E-state index >= 15 is 0 Å². The number of halogens is 3. The molecule has 5 nitrogen and oxygen atoms in total. The maximum atomic E-state index is 13.4. The van der Waals surface area contributed by atoms with Crippen LogP contribution in [0.4, 0.5) is 18.9 Å². The Kier molecular flexibility index (Phi) is 5.80. The molecule has 2 atom stereocenters. The van der Waals surface area contributed by atoms with Gasteiger partial charge in [-0.05, 0) is 30.5 Å². The molecule has 1 amide bonds. The van der Waals surface area contributed by atoms with Gasteiger partial charge in [0.1, 0.15) is 0 Å². The van der Waals surface area contributed by atoms with Crippen LogP contribution in [-0.4, -0.2) is 50.7 Å². The summed E-state index contributed by atoms with van der Waals surface area (Å²) in [5.41, 5.74) is -1.67. The van der Waals surface area contributed by atoms with Gasteiger partial charge in [0.2, 0.25) is 5.91 Å². The molecule has 8 heteroatoms. The Balaban J connectivity index is 1.90. The number of nitrogens with zero attached hydrogens (tertiary/aromatic N) is 3. The van der Waals surface area contributed by atoms with E-state index in [1.54, 1.807) is 19.2 Å². The summed E-state index contributed by atoms with van der Waals surface area (Å²) in [6.07, 6.45) is -3.81. The molecule has 0 unspecified atom stereocenters. The van der Waals surface area contributed by atoms with Crippen molar-refractivity contribution < 1.29 is 22.7 Å². The number of piperidine rings is 1. The van der Waals surface area contributed by atoms with Crippen LogP contribution in [0.15, 0.2) is 18.2 Å². The van der Waals surface area contributed by atoms with Crippen molar-refractivity contribution in [1.82, 2.24) is 4.90 Å². The predicted octanol–water partition coefficient (Wildman–Crippen LogP) is 3.92. The van der Waals surface area contributed by atoms with Crippen LogP contribution in [0.2, 0.25) is 0 Å². The lowest BCUT2D eigenvalue weighted by molar-refractivity contribution is -0.145. The van der Waals surface area contributed by atoms with Gasteiger partial charge in [0, 0.05) is 49.8 Å². The zero-order valence-corrected chi connectivity index (χ0v) is 17.8. The van der Waals surface area contributed by atoms with Crippen molar-refractivity contribution in [2.45, 2.75) is 33.4 Å². The monoisotopic (exact) mass is 423 g/mol. The molecule has 2 saturated heterocycles. The molecule has 2 aliphatic rings. The average Bonchev–Trinajstić information content (AvgIpc) is 3.04. The van der Waals surface area contributed by atoms with Crippen molar-refractivity contribution in [2.75, 3.05) is 44.8 Å². The number of hydrogen-bond acceptors (Lipinski definition) is 4. The Morgan fingerprint density at radius 2 is 2.00 bits per heavy atom. The van der Waals surface area contributed by atoms with E-state index in [2.05, 4.69) is 0 Å².